The van der Waals surface area contributed by atoms with Crippen LogP contribution in [0.1, 0.15) is 18.9 Å². The number of ether oxygens (including phenoxy) is 2. The minimum absolute atomic E-state index is 0.0337. The van der Waals surface area contributed by atoms with Gasteiger partial charge in [0.15, 0.2) is 0 Å². The summed E-state index contributed by atoms with van der Waals surface area (Å²) in [5.41, 5.74) is 0.872. The first-order valence-electron chi connectivity index (χ1n) is 6.95. The molecule has 0 aromatic heterocycles. The fraction of sp³-hybridized carbons (Fsp3) is 0.571. The Morgan fingerprint density at radius 3 is 2.81 bits per heavy atom. The molecule has 1 saturated carbocycles. The molecule has 0 radical (unpaired) electrons. The zero-order valence-electron chi connectivity index (χ0n) is 12.3. The first kappa shape index (κ1) is 16.4. The highest BCUT2D eigenvalue weighted by atomic mass is 32.2. The van der Waals surface area contributed by atoms with E-state index in [1.165, 1.54) is 6.07 Å². The molecule has 0 saturated heterocycles. The van der Waals surface area contributed by atoms with Crippen molar-refractivity contribution in [3.8, 4) is 0 Å². The van der Waals surface area contributed by atoms with Crippen molar-refractivity contribution in [1.82, 2.24) is 5.32 Å². The second-order valence-electron chi connectivity index (χ2n) is 5.11. The molecule has 1 aromatic rings. The number of nitrogens with two attached hydrogens (primary N) is 1. The van der Waals surface area contributed by atoms with Gasteiger partial charge in [-0.15, -0.1) is 0 Å². The predicted octanol–water partition coefficient (Wildman–Crippen LogP) is 0.616. The second kappa shape index (κ2) is 6.85. The van der Waals surface area contributed by atoms with Gasteiger partial charge in [0, 0.05) is 26.3 Å². The van der Waals surface area contributed by atoms with Crippen LogP contribution < -0.4 is 10.5 Å². The van der Waals surface area contributed by atoms with Crippen LogP contribution in [0.15, 0.2) is 29.2 Å². The normalized spacial score (nSPS) is 25.6. The van der Waals surface area contributed by atoms with Gasteiger partial charge in [0.05, 0.1) is 17.1 Å². The van der Waals surface area contributed by atoms with Crippen molar-refractivity contribution in [2.24, 2.45) is 5.14 Å². The summed E-state index contributed by atoms with van der Waals surface area (Å²) in [6.45, 7) is 3.20. The number of hydrogen-bond donors (Lipinski definition) is 2. The van der Waals surface area contributed by atoms with E-state index in [0.29, 0.717) is 13.2 Å². The molecular weight excluding hydrogens is 292 g/mol. The predicted molar refractivity (Wildman–Crippen MR) is 79.3 cm³/mol. The third-order valence-corrected chi connectivity index (χ3v) is 4.61. The van der Waals surface area contributed by atoms with Crippen LogP contribution in [0.3, 0.4) is 0 Å². The Bertz CT molecular complexity index is 576. The van der Waals surface area contributed by atoms with Gasteiger partial charge in [0.25, 0.3) is 0 Å². The van der Waals surface area contributed by atoms with Gasteiger partial charge in [-0.25, -0.2) is 13.6 Å². The van der Waals surface area contributed by atoms with E-state index in [9.17, 15) is 8.42 Å². The van der Waals surface area contributed by atoms with Crippen molar-refractivity contribution in [3.63, 3.8) is 0 Å². The molecule has 21 heavy (non-hydrogen) atoms. The van der Waals surface area contributed by atoms with E-state index in [1.54, 1.807) is 19.2 Å². The third-order valence-electron chi connectivity index (χ3n) is 3.70. The van der Waals surface area contributed by atoms with Gasteiger partial charge < -0.3 is 14.8 Å². The summed E-state index contributed by atoms with van der Waals surface area (Å²) in [4.78, 5) is 0.130. The van der Waals surface area contributed by atoms with E-state index >= 15 is 0 Å². The molecule has 7 heteroatoms. The highest BCUT2D eigenvalue weighted by molar-refractivity contribution is 7.89. The van der Waals surface area contributed by atoms with E-state index < -0.39 is 10.0 Å². The SMILES string of the molecule is CCOC1CC(NCc2cccc(S(N)(=O)=O)c2)C1OC. The van der Waals surface area contributed by atoms with Crippen LogP contribution in [0.25, 0.3) is 0 Å². The Labute approximate surface area is 125 Å². The summed E-state index contributed by atoms with van der Waals surface area (Å²) < 4.78 is 33.6. The van der Waals surface area contributed by atoms with Gasteiger partial charge in [-0.2, -0.15) is 0 Å². The molecule has 2 rings (SSSR count). The molecule has 1 aliphatic rings. The highest BCUT2D eigenvalue weighted by Gasteiger charge is 2.41. The van der Waals surface area contributed by atoms with Gasteiger partial charge >= 0.3 is 0 Å². The van der Waals surface area contributed by atoms with Crippen LogP contribution in [-0.4, -0.2) is 40.4 Å². The molecule has 3 atom stereocenters. The van der Waals surface area contributed by atoms with Crippen molar-refractivity contribution in [1.29, 1.82) is 0 Å². The molecule has 3 N–H and O–H groups in total. The number of benzene rings is 1. The topological polar surface area (TPSA) is 90.6 Å². The standard InChI is InChI=1S/C14H22N2O4S/c1-3-20-13-8-12(14(13)19-2)16-9-10-5-4-6-11(7-10)21(15,17)18/h4-7,12-14,16H,3,8-9H2,1-2H3,(H2,15,17,18). The highest BCUT2D eigenvalue weighted by Crippen LogP contribution is 2.27. The number of hydrogen-bond acceptors (Lipinski definition) is 5. The lowest BCUT2D eigenvalue weighted by Gasteiger charge is -2.43. The monoisotopic (exact) mass is 314 g/mol. The van der Waals surface area contributed by atoms with Crippen molar-refractivity contribution >= 4 is 10.0 Å². The number of primary sulfonamides is 1. The van der Waals surface area contributed by atoms with E-state index in [4.69, 9.17) is 14.6 Å². The molecule has 1 aromatic carbocycles. The van der Waals surface area contributed by atoms with Crippen LogP contribution in [0.4, 0.5) is 0 Å². The van der Waals surface area contributed by atoms with Crippen molar-refractivity contribution < 1.29 is 17.9 Å². The molecule has 0 aliphatic heterocycles. The number of nitrogens with one attached hydrogen (secondary N) is 1. The first-order chi connectivity index (χ1) is 9.95. The lowest BCUT2D eigenvalue weighted by molar-refractivity contribution is -0.131. The zero-order valence-corrected chi connectivity index (χ0v) is 13.1. The van der Waals surface area contributed by atoms with Crippen LogP contribution in [-0.2, 0) is 26.0 Å². The lowest BCUT2D eigenvalue weighted by Crippen LogP contribution is -2.59. The van der Waals surface area contributed by atoms with E-state index in [2.05, 4.69) is 5.32 Å². The van der Waals surface area contributed by atoms with Gasteiger partial charge in [-0.3, -0.25) is 0 Å². The first-order valence-corrected chi connectivity index (χ1v) is 8.50. The van der Waals surface area contributed by atoms with Crippen molar-refractivity contribution in [2.75, 3.05) is 13.7 Å². The van der Waals surface area contributed by atoms with Crippen LogP contribution >= 0.6 is 0 Å². The van der Waals surface area contributed by atoms with Gasteiger partial charge in [0.2, 0.25) is 10.0 Å². The van der Waals surface area contributed by atoms with Crippen molar-refractivity contribution in [3.05, 3.63) is 29.8 Å². The van der Waals surface area contributed by atoms with Gasteiger partial charge in [-0.1, -0.05) is 12.1 Å². The summed E-state index contributed by atoms with van der Waals surface area (Å²) in [5.74, 6) is 0. The molecule has 6 nitrogen and oxygen atoms in total. The molecular formula is C14H22N2O4S. The molecule has 3 unspecified atom stereocenters. The maximum absolute atomic E-state index is 11.3. The molecule has 0 bridgehead atoms. The third kappa shape index (κ3) is 4.02. The maximum atomic E-state index is 11.3. The quantitative estimate of drug-likeness (QED) is 0.770. The van der Waals surface area contributed by atoms with Gasteiger partial charge in [-0.05, 0) is 31.0 Å². The van der Waals surface area contributed by atoms with Crippen LogP contribution in [0.2, 0.25) is 0 Å². The average Bonchev–Trinajstić information content (AvgIpc) is 2.42. The minimum atomic E-state index is -3.66. The van der Waals surface area contributed by atoms with Gasteiger partial charge in [0.1, 0.15) is 0 Å². The summed E-state index contributed by atoms with van der Waals surface area (Å²) in [5, 5.41) is 8.49. The molecule has 1 fully saturated rings. The van der Waals surface area contributed by atoms with Crippen LogP contribution in [0, 0.1) is 0 Å². The second-order valence-corrected chi connectivity index (χ2v) is 6.67. The minimum Gasteiger partial charge on any atom is -0.377 e. The summed E-state index contributed by atoms with van der Waals surface area (Å²) in [6.07, 6.45) is 1.06. The Balaban J connectivity index is 1.92. The molecule has 0 amide bonds. The van der Waals surface area contributed by atoms with E-state index in [0.717, 1.165) is 12.0 Å². The summed E-state index contributed by atoms with van der Waals surface area (Å²) >= 11 is 0. The molecule has 118 valence electrons. The maximum Gasteiger partial charge on any atom is 0.238 e. The fourth-order valence-electron chi connectivity index (χ4n) is 2.56. The Hall–Kier alpha value is -0.990. The zero-order chi connectivity index (χ0) is 15.5. The Morgan fingerprint density at radius 2 is 2.19 bits per heavy atom. The fourth-order valence-corrected chi connectivity index (χ4v) is 3.14. The van der Waals surface area contributed by atoms with Crippen molar-refractivity contribution in [2.45, 2.75) is 43.0 Å². The lowest BCUT2D eigenvalue weighted by atomic mass is 9.85. The number of sulfonamides is 1. The molecule has 0 spiro atoms. The Kier molecular flexibility index (Phi) is 5.34. The van der Waals surface area contributed by atoms with E-state index in [1.807, 2.05) is 13.0 Å². The summed E-state index contributed by atoms with van der Waals surface area (Å²) in [6, 6.07) is 6.84. The number of rotatable bonds is 7. The molecule has 0 heterocycles. The van der Waals surface area contributed by atoms with Crippen LogP contribution in [0.5, 0.6) is 0 Å². The van der Waals surface area contributed by atoms with E-state index in [-0.39, 0.29) is 23.1 Å². The average molecular weight is 314 g/mol. The largest absolute Gasteiger partial charge is 0.377 e. The number of methoxy groups -OCH3 is 1. The smallest absolute Gasteiger partial charge is 0.238 e. The summed E-state index contributed by atoms with van der Waals surface area (Å²) in [7, 11) is -1.99. The molecule has 1 aliphatic carbocycles. The Morgan fingerprint density at radius 1 is 1.43 bits per heavy atom.